The number of carbonyl (C=O) groups is 1. The number of rotatable bonds is 7. The molecule has 0 saturated carbocycles. The lowest BCUT2D eigenvalue weighted by molar-refractivity contribution is -0.137. The number of benzene rings is 2. The number of aliphatic imine (C=N–C) groups is 1. The van der Waals surface area contributed by atoms with Crippen LogP contribution in [0.3, 0.4) is 0 Å². The molecule has 1 heterocycles. The van der Waals surface area contributed by atoms with Crippen molar-refractivity contribution in [2.24, 2.45) is 10.7 Å². The SMILES string of the molecule is C=C(Cl)N=C(/C=C\N)Oc1ccc(C(F)(F)F)cc1CNC(=O)Nc1cc(C(C)(C)C)nn1-c1ccc(C)cc1. The van der Waals surface area contributed by atoms with Gasteiger partial charge in [0, 0.05) is 29.7 Å². The van der Waals surface area contributed by atoms with E-state index in [9.17, 15) is 18.0 Å². The van der Waals surface area contributed by atoms with Crippen LogP contribution in [0, 0.1) is 6.92 Å². The number of aryl methyl sites for hydroxylation is 1. The number of hydrogen-bond donors (Lipinski definition) is 3. The molecule has 0 aliphatic carbocycles. The predicted octanol–water partition coefficient (Wildman–Crippen LogP) is 6.78. The Kier molecular flexibility index (Phi) is 9.31. The zero-order valence-electron chi connectivity index (χ0n) is 22.4. The minimum Gasteiger partial charge on any atom is -0.439 e. The standard InChI is InChI=1S/C28H30ClF3N6O2/c1-17-6-9-21(10-7-17)38-24(15-23(37-38)27(3,4)5)36-26(39)34-16-19-14-20(28(30,31)32)8-11-22(19)40-25(12-13-33)35-18(2)29/h6-15H,2,16,33H2,1,3-5H3,(H2,34,36,39)/b13-12-,35-25?. The highest BCUT2D eigenvalue weighted by Gasteiger charge is 2.31. The fraction of sp³-hybridized carbons (Fsp3) is 0.250. The van der Waals surface area contributed by atoms with Crippen molar-refractivity contribution >= 4 is 29.3 Å². The summed E-state index contributed by atoms with van der Waals surface area (Å²) in [4.78, 5) is 16.8. The molecule has 8 nitrogen and oxygen atoms in total. The van der Waals surface area contributed by atoms with Gasteiger partial charge in [-0.3, -0.25) is 5.32 Å². The van der Waals surface area contributed by atoms with E-state index >= 15 is 0 Å². The molecule has 0 saturated heterocycles. The van der Waals surface area contributed by atoms with Gasteiger partial charge in [-0.1, -0.05) is 56.6 Å². The van der Waals surface area contributed by atoms with Crippen molar-refractivity contribution in [3.63, 3.8) is 0 Å². The number of nitrogens with one attached hydrogen (secondary N) is 2. The first-order valence-corrected chi connectivity index (χ1v) is 12.5. The second kappa shape index (κ2) is 12.3. The molecule has 4 N–H and O–H groups in total. The van der Waals surface area contributed by atoms with E-state index in [0.29, 0.717) is 5.82 Å². The molecule has 0 unspecified atom stereocenters. The molecule has 0 bridgehead atoms. The Labute approximate surface area is 235 Å². The van der Waals surface area contributed by atoms with Crippen LogP contribution in [0.25, 0.3) is 5.69 Å². The molecule has 0 atom stereocenters. The Hall–Kier alpha value is -4.25. The van der Waals surface area contributed by atoms with Gasteiger partial charge in [-0.05, 0) is 43.5 Å². The van der Waals surface area contributed by atoms with Gasteiger partial charge in [0.25, 0.3) is 0 Å². The topological polar surface area (TPSA) is 107 Å². The van der Waals surface area contributed by atoms with E-state index < -0.39 is 17.8 Å². The number of nitrogens with two attached hydrogens (primary N) is 1. The number of carbonyl (C=O) groups excluding carboxylic acids is 1. The van der Waals surface area contributed by atoms with Crippen LogP contribution in [0.15, 0.2) is 77.5 Å². The lowest BCUT2D eigenvalue weighted by Gasteiger charge is -2.15. The number of halogens is 4. The first-order valence-electron chi connectivity index (χ1n) is 12.1. The summed E-state index contributed by atoms with van der Waals surface area (Å²) in [6.45, 7) is 11.1. The first-order chi connectivity index (χ1) is 18.7. The van der Waals surface area contributed by atoms with Crippen molar-refractivity contribution in [1.29, 1.82) is 0 Å². The van der Waals surface area contributed by atoms with Crippen molar-refractivity contribution in [2.75, 3.05) is 5.32 Å². The highest BCUT2D eigenvalue weighted by atomic mass is 35.5. The number of aromatic nitrogens is 2. The van der Waals surface area contributed by atoms with Gasteiger partial charge < -0.3 is 15.8 Å². The third-order valence-corrected chi connectivity index (χ3v) is 5.59. The first kappa shape index (κ1) is 30.3. The van der Waals surface area contributed by atoms with Crippen LogP contribution in [-0.4, -0.2) is 21.7 Å². The zero-order valence-corrected chi connectivity index (χ0v) is 23.2. The van der Waals surface area contributed by atoms with E-state index in [4.69, 9.17) is 22.1 Å². The summed E-state index contributed by atoms with van der Waals surface area (Å²) in [7, 11) is 0. The molecule has 0 fully saturated rings. The van der Waals surface area contributed by atoms with Gasteiger partial charge in [-0.25, -0.2) is 14.5 Å². The van der Waals surface area contributed by atoms with E-state index in [1.807, 2.05) is 52.0 Å². The normalized spacial score (nSPS) is 12.4. The third kappa shape index (κ3) is 8.12. The Morgan fingerprint density at radius 3 is 2.42 bits per heavy atom. The molecule has 0 aliphatic rings. The largest absolute Gasteiger partial charge is 0.439 e. The maximum atomic E-state index is 13.4. The van der Waals surface area contributed by atoms with Crippen LogP contribution in [-0.2, 0) is 18.1 Å². The summed E-state index contributed by atoms with van der Waals surface area (Å²) >= 11 is 5.72. The average Bonchev–Trinajstić information content (AvgIpc) is 3.27. The number of ether oxygens (including phenoxy) is 1. The molecule has 0 radical (unpaired) electrons. The van der Waals surface area contributed by atoms with Crippen LogP contribution >= 0.6 is 11.6 Å². The molecule has 1 aromatic heterocycles. The molecular formula is C28H30ClF3N6O2. The maximum absolute atomic E-state index is 13.4. The molecule has 40 heavy (non-hydrogen) atoms. The third-order valence-electron chi connectivity index (χ3n) is 5.51. The Bertz CT molecular complexity index is 1440. The van der Waals surface area contributed by atoms with E-state index in [0.717, 1.165) is 41.3 Å². The fourth-order valence-corrected chi connectivity index (χ4v) is 3.54. The highest BCUT2D eigenvalue weighted by Crippen LogP contribution is 2.33. The second-order valence-corrected chi connectivity index (χ2v) is 10.3. The van der Waals surface area contributed by atoms with Gasteiger partial charge in [-0.15, -0.1) is 0 Å². The molecule has 212 valence electrons. The number of nitrogens with zero attached hydrogens (tertiary/aromatic N) is 3. The van der Waals surface area contributed by atoms with Gasteiger partial charge >= 0.3 is 12.2 Å². The van der Waals surface area contributed by atoms with E-state index in [1.165, 1.54) is 6.08 Å². The molecule has 3 aromatic rings. The molecule has 0 spiro atoms. The van der Waals surface area contributed by atoms with Gasteiger partial charge in [0.15, 0.2) is 0 Å². The van der Waals surface area contributed by atoms with Crippen molar-refractivity contribution < 1.29 is 22.7 Å². The van der Waals surface area contributed by atoms with Crippen LogP contribution in [0.2, 0.25) is 0 Å². The molecule has 12 heteroatoms. The monoisotopic (exact) mass is 574 g/mol. The van der Waals surface area contributed by atoms with Gasteiger partial charge in [0.05, 0.1) is 16.9 Å². The summed E-state index contributed by atoms with van der Waals surface area (Å²) in [5.41, 5.74) is 6.73. The van der Waals surface area contributed by atoms with E-state index in [2.05, 4.69) is 27.3 Å². The van der Waals surface area contributed by atoms with Crippen LogP contribution in [0.5, 0.6) is 5.75 Å². The zero-order chi connectivity index (χ0) is 29.7. The van der Waals surface area contributed by atoms with Crippen molar-refractivity contribution in [3.05, 3.63) is 94.9 Å². The minimum absolute atomic E-state index is 0.00258. The van der Waals surface area contributed by atoms with E-state index in [-0.39, 0.29) is 34.3 Å². The van der Waals surface area contributed by atoms with Crippen LogP contribution in [0.1, 0.15) is 43.2 Å². The van der Waals surface area contributed by atoms with Crippen LogP contribution in [0.4, 0.5) is 23.8 Å². The van der Waals surface area contributed by atoms with Crippen molar-refractivity contribution in [3.8, 4) is 11.4 Å². The fourth-order valence-electron chi connectivity index (χ4n) is 3.46. The Morgan fingerprint density at radius 2 is 1.85 bits per heavy atom. The second-order valence-electron chi connectivity index (χ2n) is 9.83. The average molecular weight is 575 g/mol. The molecule has 3 rings (SSSR count). The summed E-state index contributed by atoms with van der Waals surface area (Å²) in [6.07, 6.45) is -2.23. The lowest BCUT2D eigenvalue weighted by atomic mass is 9.92. The van der Waals surface area contributed by atoms with Gasteiger partial charge in [0.2, 0.25) is 5.90 Å². The molecule has 0 aliphatic heterocycles. The van der Waals surface area contributed by atoms with Crippen molar-refractivity contribution in [1.82, 2.24) is 15.1 Å². The maximum Gasteiger partial charge on any atom is 0.416 e. The quantitative estimate of drug-likeness (QED) is 0.164. The van der Waals surface area contributed by atoms with Crippen LogP contribution < -0.4 is 21.1 Å². The number of anilines is 1. The number of hydrogen-bond acceptors (Lipinski definition) is 5. The summed E-state index contributed by atoms with van der Waals surface area (Å²) in [5, 5.41) is 9.86. The number of urea groups is 1. The molecular weight excluding hydrogens is 545 g/mol. The summed E-state index contributed by atoms with van der Waals surface area (Å²) < 4.78 is 47.5. The lowest BCUT2D eigenvalue weighted by Crippen LogP contribution is -2.29. The molecule has 2 amide bonds. The summed E-state index contributed by atoms with van der Waals surface area (Å²) in [5.74, 6) is 0.280. The minimum atomic E-state index is -4.61. The smallest absolute Gasteiger partial charge is 0.416 e. The molecule has 2 aromatic carbocycles. The number of amides is 2. The number of alkyl halides is 3. The van der Waals surface area contributed by atoms with Crippen molar-refractivity contribution in [2.45, 2.75) is 45.8 Å². The van der Waals surface area contributed by atoms with Gasteiger partial charge in [-0.2, -0.15) is 18.3 Å². The predicted molar refractivity (Wildman–Crippen MR) is 151 cm³/mol. The Balaban J connectivity index is 1.89. The van der Waals surface area contributed by atoms with Gasteiger partial charge in [0.1, 0.15) is 16.7 Å². The van der Waals surface area contributed by atoms with E-state index in [1.54, 1.807) is 10.7 Å². The Morgan fingerprint density at radius 1 is 1.18 bits per heavy atom. The summed E-state index contributed by atoms with van der Waals surface area (Å²) in [6, 6.07) is 11.5. The highest BCUT2D eigenvalue weighted by molar-refractivity contribution is 6.29.